The van der Waals surface area contributed by atoms with Gasteiger partial charge in [-0.25, -0.2) is 8.42 Å². The zero-order valence-electron chi connectivity index (χ0n) is 10.1. The summed E-state index contributed by atoms with van der Waals surface area (Å²) in [4.78, 5) is 16.7. The van der Waals surface area contributed by atoms with Gasteiger partial charge in [0.2, 0.25) is 10.0 Å². The zero-order valence-corrected chi connectivity index (χ0v) is 10.9. The Morgan fingerprint density at radius 1 is 1.37 bits per heavy atom. The third-order valence-corrected chi connectivity index (χ3v) is 4.48. The maximum Gasteiger partial charge on any atom is 0.413 e. The molecule has 2 atom stereocenters. The number of sulfonamides is 1. The lowest BCUT2D eigenvalue weighted by atomic mass is 10.1. The van der Waals surface area contributed by atoms with Crippen molar-refractivity contribution in [2.24, 2.45) is 5.92 Å². The van der Waals surface area contributed by atoms with Crippen molar-refractivity contribution < 1.29 is 36.0 Å². The van der Waals surface area contributed by atoms with Crippen molar-refractivity contribution in [1.29, 1.82) is 0 Å². The average Bonchev–Trinajstić information content (AvgIpc) is 2.75. The highest BCUT2D eigenvalue weighted by Gasteiger charge is 2.42. The van der Waals surface area contributed by atoms with Crippen LogP contribution in [0.3, 0.4) is 0 Å². The fourth-order valence-electron chi connectivity index (χ4n) is 1.97. The van der Waals surface area contributed by atoms with E-state index < -0.39 is 39.9 Å². The van der Waals surface area contributed by atoms with Gasteiger partial charge in [0.05, 0.1) is 18.3 Å². The molecule has 0 spiro atoms. The second kappa shape index (κ2) is 6.06. The lowest BCUT2D eigenvalue weighted by Gasteiger charge is -2.18. The molecule has 1 N–H and O–H groups in total. The zero-order chi connectivity index (χ0) is 14.7. The topological polar surface area (TPSA) is 81.7 Å². The van der Waals surface area contributed by atoms with Crippen LogP contribution in [-0.4, -0.2) is 39.5 Å². The predicted molar refractivity (Wildman–Crippen MR) is 57.2 cm³/mol. The molecule has 1 saturated carbocycles. The van der Waals surface area contributed by atoms with Crippen molar-refractivity contribution in [3.05, 3.63) is 0 Å². The quantitative estimate of drug-likeness (QED) is 0.598. The van der Waals surface area contributed by atoms with Crippen LogP contribution in [0.4, 0.5) is 13.2 Å². The van der Waals surface area contributed by atoms with E-state index in [9.17, 15) is 26.4 Å². The van der Waals surface area contributed by atoms with E-state index in [2.05, 4.69) is 9.57 Å². The van der Waals surface area contributed by atoms with Crippen molar-refractivity contribution in [3.8, 4) is 0 Å². The summed E-state index contributed by atoms with van der Waals surface area (Å²) in [6.07, 6.45) is -3.67. The molecule has 0 amide bonds. The van der Waals surface area contributed by atoms with Gasteiger partial charge in [0.1, 0.15) is 0 Å². The van der Waals surface area contributed by atoms with Crippen molar-refractivity contribution >= 4 is 16.0 Å². The minimum absolute atomic E-state index is 0.171. The van der Waals surface area contributed by atoms with Crippen LogP contribution in [0.25, 0.3) is 0 Å². The Labute approximate surface area is 108 Å². The molecule has 1 aliphatic carbocycles. The highest BCUT2D eigenvalue weighted by Crippen LogP contribution is 2.31. The van der Waals surface area contributed by atoms with Gasteiger partial charge in [-0.1, -0.05) is 11.3 Å². The molecule has 0 aromatic rings. The fraction of sp³-hybridized carbons (Fsp3) is 0.889. The predicted octanol–water partition coefficient (Wildman–Crippen LogP) is 0.741. The second-order valence-corrected chi connectivity index (χ2v) is 5.99. The summed E-state index contributed by atoms with van der Waals surface area (Å²) in [6.45, 7) is -1.73. The molecule has 0 saturated heterocycles. The van der Waals surface area contributed by atoms with E-state index in [-0.39, 0.29) is 6.42 Å². The molecule has 10 heteroatoms. The molecule has 0 heterocycles. The van der Waals surface area contributed by atoms with Crippen molar-refractivity contribution in [1.82, 2.24) is 4.89 Å². The van der Waals surface area contributed by atoms with Gasteiger partial charge in [-0.3, -0.25) is 9.63 Å². The molecule has 0 radical (unpaired) electrons. The Morgan fingerprint density at radius 3 is 2.53 bits per heavy atom. The summed E-state index contributed by atoms with van der Waals surface area (Å²) < 4.78 is 63.4. The summed E-state index contributed by atoms with van der Waals surface area (Å²) in [7, 11) is -3.04. The van der Waals surface area contributed by atoms with E-state index in [1.54, 1.807) is 0 Å². The van der Waals surface area contributed by atoms with Crippen molar-refractivity contribution in [2.45, 2.75) is 30.7 Å². The maximum absolute atomic E-state index is 11.8. The van der Waals surface area contributed by atoms with Crippen molar-refractivity contribution in [2.75, 3.05) is 13.7 Å². The highest BCUT2D eigenvalue weighted by molar-refractivity contribution is 7.90. The number of hydrogen-bond acceptors (Lipinski definition) is 5. The molecule has 1 aliphatic rings. The summed E-state index contributed by atoms with van der Waals surface area (Å²) in [5.41, 5.74) is 0. The van der Waals surface area contributed by atoms with Crippen LogP contribution in [-0.2, 0) is 24.4 Å². The van der Waals surface area contributed by atoms with Gasteiger partial charge < -0.3 is 4.74 Å². The summed E-state index contributed by atoms with van der Waals surface area (Å²) >= 11 is 0. The summed E-state index contributed by atoms with van der Waals surface area (Å²) in [5, 5.41) is -1.13. The van der Waals surface area contributed by atoms with Crippen LogP contribution >= 0.6 is 0 Å². The molecule has 19 heavy (non-hydrogen) atoms. The molecule has 112 valence electrons. The molecule has 6 nitrogen and oxygen atoms in total. The Morgan fingerprint density at radius 2 is 2.00 bits per heavy atom. The second-order valence-electron chi connectivity index (χ2n) is 4.13. The number of esters is 1. The Hall–Kier alpha value is -0.870. The smallest absolute Gasteiger partial charge is 0.413 e. The minimum atomic E-state index is -4.64. The van der Waals surface area contributed by atoms with Crippen molar-refractivity contribution in [3.63, 3.8) is 0 Å². The highest BCUT2D eigenvalue weighted by atomic mass is 32.2. The number of methoxy groups -OCH3 is 1. The molecule has 0 bridgehead atoms. The van der Waals surface area contributed by atoms with Crippen LogP contribution in [0.1, 0.15) is 19.3 Å². The number of halogens is 3. The van der Waals surface area contributed by atoms with E-state index in [4.69, 9.17) is 0 Å². The number of hydrogen-bond donors (Lipinski definition) is 1. The maximum atomic E-state index is 11.8. The van der Waals surface area contributed by atoms with Gasteiger partial charge in [0.25, 0.3) is 0 Å². The molecule has 0 aromatic carbocycles. The van der Waals surface area contributed by atoms with Crippen LogP contribution < -0.4 is 4.89 Å². The molecule has 0 aromatic heterocycles. The largest absolute Gasteiger partial charge is 0.469 e. The normalized spacial score (nSPS) is 24.4. The first kappa shape index (κ1) is 16.2. The number of ether oxygens (including phenoxy) is 1. The van der Waals surface area contributed by atoms with Crippen LogP contribution in [0.5, 0.6) is 0 Å². The number of carbonyl (C=O) groups excluding carboxylic acids is 1. The van der Waals surface area contributed by atoms with Crippen LogP contribution in [0.15, 0.2) is 0 Å². The number of rotatable bonds is 5. The molecule has 1 rings (SSSR count). The van der Waals surface area contributed by atoms with Gasteiger partial charge in [-0.2, -0.15) is 13.2 Å². The Balaban J connectivity index is 2.64. The van der Waals surface area contributed by atoms with Gasteiger partial charge in [0.15, 0.2) is 6.61 Å². The van der Waals surface area contributed by atoms with E-state index >= 15 is 0 Å². The van der Waals surface area contributed by atoms with E-state index in [1.807, 2.05) is 0 Å². The van der Waals surface area contributed by atoms with Crippen LogP contribution in [0, 0.1) is 5.92 Å². The minimum Gasteiger partial charge on any atom is -0.469 e. The Bertz CT molecular complexity index is 422. The SMILES string of the molecule is COC(=O)C1CCCC1S(=O)(=O)NOCC(F)(F)F. The third-order valence-electron chi connectivity index (χ3n) is 2.77. The third kappa shape index (κ3) is 4.62. The first-order valence-corrected chi connectivity index (χ1v) is 6.99. The molecular weight excluding hydrogens is 291 g/mol. The van der Waals surface area contributed by atoms with Crippen LogP contribution in [0.2, 0.25) is 0 Å². The summed E-state index contributed by atoms with van der Waals surface area (Å²) in [5.74, 6) is -1.57. The molecule has 1 fully saturated rings. The van der Waals surface area contributed by atoms with Gasteiger partial charge >= 0.3 is 12.1 Å². The van der Waals surface area contributed by atoms with E-state index in [1.165, 1.54) is 4.89 Å². The number of nitrogens with one attached hydrogen (secondary N) is 1. The molecule has 0 aliphatic heterocycles. The first-order valence-electron chi connectivity index (χ1n) is 5.44. The Kier molecular flexibility index (Phi) is 5.16. The first-order chi connectivity index (χ1) is 8.67. The lowest BCUT2D eigenvalue weighted by molar-refractivity contribution is -0.181. The van der Waals surface area contributed by atoms with Gasteiger partial charge in [-0.15, -0.1) is 0 Å². The number of alkyl halides is 3. The van der Waals surface area contributed by atoms with E-state index in [0.29, 0.717) is 12.8 Å². The monoisotopic (exact) mass is 305 g/mol. The summed E-state index contributed by atoms with van der Waals surface area (Å²) in [6, 6.07) is 0. The molecular formula is C9H14F3NO5S. The molecule has 2 unspecified atom stereocenters. The number of carbonyl (C=O) groups is 1. The van der Waals surface area contributed by atoms with Gasteiger partial charge in [-0.05, 0) is 12.8 Å². The standard InChI is InChI=1S/C9H14F3NO5S/c1-17-8(14)6-3-2-4-7(6)19(15,16)13-18-5-9(10,11)12/h6-7,13H,2-5H2,1H3. The van der Waals surface area contributed by atoms with Gasteiger partial charge in [0, 0.05) is 0 Å². The average molecular weight is 305 g/mol. The fourth-order valence-corrected chi connectivity index (χ4v) is 3.48. The lowest BCUT2D eigenvalue weighted by Crippen LogP contribution is -2.40. The van der Waals surface area contributed by atoms with E-state index in [0.717, 1.165) is 7.11 Å².